The van der Waals surface area contributed by atoms with Crippen molar-refractivity contribution in [2.24, 2.45) is 0 Å². The summed E-state index contributed by atoms with van der Waals surface area (Å²) in [5.74, 6) is -0.571. The van der Waals surface area contributed by atoms with Gasteiger partial charge in [-0.05, 0) is 18.2 Å². The van der Waals surface area contributed by atoms with E-state index in [0.717, 1.165) is 11.6 Å². The fourth-order valence-corrected chi connectivity index (χ4v) is 0.983. The van der Waals surface area contributed by atoms with Gasteiger partial charge in [-0.3, -0.25) is 0 Å². The molecule has 1 aromatic rings. The van der Waals surface area contributed by atoms with E-state index in [4.69, 9.17) is 33.2 Å². The standard InChI is InChI=1S/C10H6Cl2FNO/c11-4-8(12)6-15-10-2-1-7(5-14)3-9(10)13/h1-4H,6H2/b8-4-. The lowest BCUT2D eigenvalue weighted by Gasteiger charge is -2.05. The van der Waals surface area contributed by atoms with Gasteiger partial charge in [0.25, 0.3) is 0 Å². The Labute approximate surface area is 96.5 Å². The molecule has 0 atom stereocenters. The Hall–Kier alpha value is -1.24. The van der Waals surface area contributed by atoms with Crippen LogP contribution in [-0.4, -0.2) is 6.61 Å². The Morgan fingerprint density at radius 1 is 1.60 bits per heavy atom. The third kappa shape index (κ3) is 3.43. The Bertz CT molecular complexity index is 426. The minimum Gasteiger partial charge on any atom is -0.485 e. The van der Waals surface area contributed by atoms with Crippen molar-refractivity contribution in [1.82, 2.24) is 0 Å². The van der Waals surface area contributed by atoms with E-state index in [9.17, 15) is 4.39 Å². The Kier molecular flexibility index (Phi) is 4.41. The van der Waals surface area contributed by atoms with Crippen LogP contribution in [0, 0.1) is 17.1 Å². The van der Waals surface area contributed by atoms with Crippen LogP contribution in [0.5, 0.6) is 5.75 Å². The molecule has 0 heterocycles. The summed E-state index contributed by atoms with van der Waals surface area (Å²) in [7, 11) is 0. The molecule has 0 N–H and O–H groups in total. The summed E-state index contributed by atoms with van der Waals surface area (Å²) < 4.78 is 18.2. The molecule has 0 radical (unpaired) electrons. The third-order valence-electron chi connectivity index (χ3n) is 1.54. The molecule has 0 aliphatic heterocycles. The molecule has 5 heteroatoms. The van der Waals surface area contributed by atoms with E-state index in [1.807, 2.05) is 6.07 Å². The highest BCUT2D eigenvalue weighted by Crippen LogP contribution is 2.19. The summed E-state index contributed by atoms with van der Waals surface area (Å²) in [4.78, 5) is 0. The van der Waals surface area contributed by atoms with Crippen LogP contribution in [0.2, 0.25) is 0 Å². The first-order valence-electron chi connectivity index (χ1n) is 3.94. The Morgan fingerprint density at radius 2 is 2.33 bits per heavy atom. The Morgan fingerprint density at radius 3 is 2.87 bits per heavy atom. The molecule has 15 heavy (non-hydrogen) atoms. The van der Waals surface area contributed by atoms with Gasteiger partial charge in [-0.2, -0.15) is 5.26 Å². The normalized spacial score (nSPS) is 10.9. The molecule has 0 bridgehead atoms. The smallest absolute Gasteiger partial charge is 0.166 e. The number of ether oxygens (including phenoxy) is 1. The van der Waals surface area contributed by atoms with Crippen molar-refractivity contribution in [3.8, 4) is 11.8 Å². The van der Waals surface area contributed by atoms with Gasteiger partial charge in [0.05, 0.1) is 16.7 Å². The van der Waals surface area contributed by atoms with Gasteiger partial charge < -0.3 is 4.74 Å². The first-order valence-corrected chi connectivity index (χ1v) is 4.76. The van der Waals surface area contributed by atoms with Crippen LogP contribution in [-0.2, 0) is 0 Å². The molecule has 0 aliphatic carbocycles. The minimum atomic E-state index is -0.604. The van der Waals surface area contributed by atoms with Crippen LogP contribution in [0.3, 0.4) is 0 Å². The average molecular weight is 246 g/mol. The predicted molar refractivity (Wildman–Crippen MR) is 56.4 cm³/mol. The summed E-state index contributed by atoms with van der Waals surface area (Å²) in [6.07, 6.45) is 0. The second kappa shape index (κ2) is 5.59. The molecule has 1 aromatic carbocycles. The summed E-state index contributed by atoms with van der Waals surface area (Å²) in [6.45, 7) is -0.00608. The van der Waals surface area contributed by atoms with Crippen molar-refractivity contribution in [3.63, 3.8) is 0 Å². The topological polar surface area (TPSA) is 33.0 Å². The molecular weight excluding hydrogens is 240 g/mol. The van der Waals surface area contributed by atoms with Gasteiger partial charge in [0.1, 0.15) is 6.61 Å². The van der Waals surface area contributed by atoms with E-state index in [-0.39, 0.29) is 23.0 Å². The van der Waals surface area contributed by atoms with Crippen molar-refractivity contribution in [2.75, 3.05) is 6.61 Å². The third-order valence-corrected chi connectivity index (χ3v) is 2.14. The van der Waals surface area contributed by atoms with E-state index in [1.165, 1.54) is 12.1 Å². The number of hydrogen-bond donors (Lipinski definition) is 0. The first kappa shape index (κ1) is 11.8. The van der Waals surface area contributed by atoms with E-state index in [2.05, 4.69) is 0 Å². The first-order chi connectivity index (χ1) is 7.17. The monoisotopic (exact) mass is 245 g/mol. The Balaban J connectivity index is 2.75. The predicted octanol–water partition coefficient (Wildman–Crippen LogP) is 3.40. The van der Waals surface area contributed by atoms with Crippen LogP contribution in [0.15, 0.2) is 28.8 Å². The molecule has 0 unspecified atom stereocenters. The fraction of sp³-hybridized carbons (Fsp3) is 0.100. The average Bonchev–Trinajstić information content (AvgIpc) is 2.26. The molecule has 0 amide bonds. The van der Waals surface area contributed by atoms with Crippen molar-refractivity contribution < 1.29 is 9.13 Å². The zero-order valence-electron chi connectivity index (χ0n) is 7.51. The second-order valence-electron chi connectivity index (χ2n) is 2.60. The molecule has 0 saturated heterocycles. The molecule has 0 spiro atoms. The van der Waals surface area contributed by atoms with Crippen molar-refractivity contribution >= 4 is 23.2 Å². The summed E-state index contributed by atoms with van der Waals surface area (Å²) in [5, 5.41) is 8.77. The molecule has 78 valence electrons. The van der Waals surface area contributed by atoms with Gasteiger partial charge in [0.15, 0.2) is 11.6 Å². The van der Waals surface area contributed by atoms with E-state index in [1.54, 1.807) is 0 Å². The maximum Gasteiger partial charge on any atom is 0.166 e. The van der Waals surface area contributed by atoms with Crippen molar-refractivity contribution in [1.29, 1.82) is 5.26 Å². The number of rotatable bonds is 3. The van der Waals surface area contributed by atoms with Gasteiger partial charge >= 0.3 is 0 Å². The van der Waals surface area contributed by atoms with Gasteiger partial charge in [0, 0.05) is 5.54 Å². The molecule has 0 saturated carbocycles. The molecule has 0 aliphatic rings. The highest BCUT2D eigenvalue weighted by atomic mass is 35.5. The highest BCUT2D eigenvalue weighted by Gasteiger charge is 2.04. The van der Waals surface area contributed by atoms with Gasteiger partial charge in [-0.1, -0.05) is 23.2 Å². The van der Waals surface area contributed by atoms with E-state index in [0.29, 0.717) is 0 Å². The molecule has 0 aromatic heterocycles. The number of hydrogen-bond acceptors (Lipinski definition) is 2. The maximum absolute atomic E-state index is 13.2. The number of halogens is 3. The molecule has 2 nitrogen and oxygen atoms in total. The van der Waals surface area contributed by atoms with Gasteiger partial charge in [-0.25, -0.2) is 4.39 Å². The lowest BCUT2D eigenvalue weighted by molar-refractivity contribution is 0.338. The number of benzene rings is 1. The highest BCUT2D eigenvalue weighted by molar-refractivity contribution is 6.36. The second-order valence-corrected chi connectivity index (χ2v) is 3.31. The number of nitrogens with zero attached hydrogens (tertiary/aromatic N) is 1. The van der Waals surface area contributed by atoms with Crippen LogP contribution >= 0.6 is 23.2 Å². The largest absolute Gasteiger partial charge is 0.485 e. The van der Waals surface area contributed by atoms with Crippen LogP contribution < -0.4 is 4.74 Å². The van der Waals surface area contributed by atoms with Crippen LogP contribution in [0.4, 0.5) is 4.39 Å². The fourth-order valence-electron chi connectivity index (χ4n) is 0.866. The SMILES string of the molecule is N#Cc1ccc(OC/C(Cl)=C/Cl)c(F)c1. The van der Waals surface area contributed by atoms with Crippen LogP contribution in [0.1, 0.15) is 5.56 Å². The summed E-state index contributed by atoms with van der Waals surface area (Å²) in [5.41, 5.74) is 1.38. The summed E-state index contributed by atoms with van der Waals surface area (Å²) in [6, 6.07) is 5.73. The zero-order valence-corrected chi connectivity index (χ0v) is 9.02. The number of nitriles is 1. The lowest BCUT2D eigenvalue weighted by atomic mass is 10.2. The zero-order chi connectivity index (χ0) is 11.3. The maximum atomic E-state index is 13.2. The molecule has 0 fully saturated rings. The quantitative estimate of drug-likeness (QED) is 0.818. The van der Waals surface area contributed by atoms with Gasteiger partial charge in [0.2, 0.25) is 0 Å². The van der Waals surface area contributed by atoms with Crippen molar-refractivity contribution in [2.45, 2.75) is 0 Å². The van der Waals surface area contributed by atoms with Gasteiger partial charge in [-0.15, -0.1) is 0 Å². The van der Waals surface area contributed by atoms with Crippen molar-refractivity contribution in [3.05, 3.63) is 40.1 Å². The minimum absolute atomic E-state index is 0.00608. The van der Waals surface area contributed by atoms with Crippen LogP contribution in [0.25, 0.3) is 0 Å². The van der Waals surface area contributed by atoms with E-state index < -0.39 is 5.82 Å². The van der Waals surface area contributed by atoms with E-state index >= 15 is 0 Å². The molecule has 1 rings (SSSR count). The lowest BCUT2D eigenvalue weighted by Crippen LogP contribution is -1.99. The summed E-state index contributed by atoms with van der Waals surface area (Å²) >= 11 is 10.9. The molecular formula is C10H6Cl2FNO.